The van der Waals surface area contributed by atoms with Crippen molar-refractivity contribution in [3.8, 4) is 0 Å². The molecular formula is C18H20BrN3O2S. The summed E-state index contributed by atoms with van der Waals surface area (Å²) in [5.74, 6) is 0.0585. The molecule has 1 aliphatic rings. The topological polar surface area (TPSA) is 52.7 Å². The van der Waals surface area contributed by atoms with Crippen LogP contribution in [0.5, 0.6) is 0 Å². The van der Waals surface area contributed by atoms with E-state index in [9.17, 15) is 9.59 Å². The van der Waals surface area contributed by atoms with Crippen LogP contribution in [0.15, 0.2) is 45.6 Å². The SMILES string of the molecule is O=C(NCCN1CCN(C(=O)c2ccsc2)CC1)c1ccc(Br)cc1. The predicted octanol–water partition coefficient (Wildman–Crippen LogP) is 2.70. The minimum Gasteiger partial charge on any atom is -0.351 e. The van der Waals surface area contributed by atoms with Crippen molar-refractivity contribution >= 4 is 39.1 Å². The molecule has 132 valence electrons. The van der Waals surface area contributed by atoms with Gasteiger partial charge in [-0.2, -0.15) is 11.3 Å². The summed E-state index contributed by atoms with van der Waals surface area (Å²) in [7, 11) is 0. The van der Waals surface area contributed by atoms with Crippen LogP contribution in [0.25, 0.3) is 0 Å². The quantitative estimate of drug-likeness (QED) is 0.807. The van der Waals surface area contributed by atoms with Crippen LogP contribution in [0.4, 0.5) is 0 Å². The number of piperazine rings is 1. The number of halogens is 1. The number of nitrogens with one attached hydrogen (secondary N) is 1. The summed E-state index contributed by atoms with van der Waals surface area (Å²) >= 11 is 4.91. The normalized spacial score (nSPS) is 15.2. The molecule has 0 atom stereocenters. The molecule has 0 spiro atoms. The Morgan fingerprint density at radius 2 is 1.76 bits per heavy atom. The van der Waals surface area contributed by atoms with Gasteiger partial charge in [0.2, 0.25) is 0 Å². The molecule has 7 heteroatoms. The molecule has 0 bridgehead atoms. The number of benzene rings is 1. The monoisotopic (exact) mass is 421 g/mol. The Balaban J connectivity index is 1.38. The number of hydrogen-bond donors (Lipinski definition) is 1. The standard InChI is InChI=1S/C18H20BrN3O2S/c19-16-3-1-14(2-4-16)17(23)20-6-7-21-8-10-22(11-9-21)18(24)15-5-12-25-13-15/h1-5,12-13H,6-11H2,(H,20,23). The molecule has 1 N–H and O–H groups in total. The van der Waals surface area contributed by atoms with Crippen LogP contribution in [0.3, 0.4) is 0 Å². The van der Waals surface area contributed by atoms with Gasteiger partial charge in [0.25, 0.3) is 11.8 Å². The summed E-state index contributed by atoms with van der Waals surface area (Å²) < 4.78 is 0.957. The van der Waals surface area contributed by atoms with E-state index in [0.29, 0.717) is 12.1 Å². The smallest absolute Gasteiger partial charge is 0.254 e. The highest BCUT2D eigenvalue weighted by Crippen LogP contribution is 2.12. The van der Waals surface area contributed by atoms with Crippen molar-refractivity contribution in [3.05, 3.63) is 56.7 Å². The lowest BCUT2D eigenvalue weighted by Gasteiger charge is -2.34. The Hall–Kier alpha value is -1.70. The van der Waals surface area contributed by atoms with Gasteiger partial charge in [0.05, 0.1) is 5.56 Å². The molecule has 1 aromatic carbocycles. The average molecular weight is 422 g/mol. The molecule has 1 fully saturated rings. The van der Waals surface area contributed by atoms with Crippen LogP contribution in [0, 0.1) is 0 Å². The number of rotatable bonds is 5. The molecule has 25 heavy (non-hydrogen) atoms. The molecule has 2 heterocycles. The lowest BCUT2D eigenvalue weighted by molar-refractivity contribution is 0.0638. The van der Waals surface area contributed by atoms with Crippen LogP contribution in [-0.2, 0) is 0 Å². The number of thiophene rings is 1. The highest BCUT2D eigenvalue weighted by Gasteiger charge is 2.22. The molecule has 2 aromatic rings. The van der Waals surface area contributed by atoms with Gasteiger partial charge in [0, 0.05) is 54.7 Å². The second-order valence-corrected chi connectivity index (χ2v) is 7.60. The van der Waals surface area contributed by atoms with Gasteiger partial charge in [0.1, 0.15) is 0 Å². The fourth-order valence-electron chi connectivity index (χ4n) is 2.77. The predicted molar refractivity (Wildman–Crippen MR) is 103 cm³/mol. The molecule has 2 amide bonds. The van der Waals surface area contributed by atoms with Crippen molar-refractivity contribution < 1.29 is 9.59 Å². The summed E-state index contributed by atoms with van der Waals surface area (Å²) in [6.07, 6.45) is 0. The number of carbonyl (C=O) groups excluding carboxylic acids is 2. The summed E-state index contributed by atoms with van der Waals surface area (Å²) in [6, 6.07) is 9.19. The highest BCUT2D eigenvalue weighted by molar-refractivity contribution is 9.10. The highest BCUT2D eigenvalue weighted by atomic mass is 79.9. The minimum atomic E-state index is -0.0567. The van der Waals surface area contributed by atoms with E-state index in [4.69, 9.17) is 0 Å². The third kappa shape index (κ3) is 4.90. The Bertz CT molecular complexity index is 710. The van der Waals surface area contributed by atoms with Crippen molar-refractivity contribution in [2.75, 3.05) is 39.3 Å². The molecule has 3 rings (SSSR count). The zero-order valence-corrected chi connectivity index (χ0v) is 16.2. The fraction of sp³-hybridized carbons (Fsp3) is 0.333. The molecule has 0 radical (unpaired) electrons. The molecular weight excluding hydrogens is 402 g/mol. The largest absolute Gasteiger partial charge is 0.351 e. The first-order valence-electron chi connectivity index (χ1n) is 8.21. The Morgan fingerprint density at radius 1 is 1.04 bits per heavy atom. The molecule has 1 aliphatic heterocycles. The van der Waals surface area contributed by atoms with Gasteiger partial charge in [-0.05, 0) is 35.7 Å². The van der Waals surface area contributed by atoms with Gasteiger partial charge < -0.3 is 10.2 Å². The van der Waals surface area contributed by atoms with Crippen molar-refractivity contribution in [1.82, 2.24) is 15.1 Å². The fourth-order valence-corrected chi connectivity index (χ4v) is 3.67. The summed E-state index contributed by atoms with van der Waals surface area (Å²) in [4.78, 5) is 28.6. The first-order valence-corrected chi connectivity index (χ1v) is 9.94. The van der Waals surface area contributed by atoms with E-state index in [-0.39, 0.29) is 11.8 Å². The van der Waals surface area contributed by atoms with Gasteiger partial charge in [-0.15, -0.1) is 0 Å². The van der Waals surface area contributed by atoms with E-state index in [1.54, 1.807) is 23.5 Å². The maximum absolute atomic E-state index is 12.3. The van der Waals surface area contributed by atoms with Crippen LogP contribution in [0.1, 0.15) is 20.7 Å². The maximum atomic E-state index is 12.3. The maximum Gasteiger partial charge on any atom is 0.254 e. The first kappa shape index (κ1) is 18.1. The molecule has 0 saturated carbocycles. The van der Waals surface area contributed by atoms with Crippen molar-refractivity contribution in [2.24, 2.45) is 0 Å². The third-order valence-electron chi connectivity index (χ3n) is 4.25. The summed E-state index contributed by atoms with van der Waals surface area (Å²) in [5.41, 5.74) is 1.44. The zero-order chi connectivity index (χ0) is 17.6. The van der Waals surface area contributed by atoms with Crippen molar-refractivity contribution in [2.45, 2.75) is 0 Å². The summed E-state index contributed by atoms with van der Waals surface area (Å²) in [5, 5.41) is 6.77. The van der Waals surface area contributed by atoms with Gasteiger partial charge >= 0.3 is 0 Å². The van der Waals surface area contributed by atoms with Crippen LogP contribution in [0.2, 0.25) is 0 Å². The first-order chi connectivity index (χ1) is 12.1. The van der Waals surface area contributed by atoms with E-state index in [1.165, 1.54) is 0 Å². The number of nitrogens with zero attached hydrogens (tertiary/aromatic N) is 2. The second kappa shape index (κ2) is 8.60. The third-order valence-corrected chi connectivity index (χ3v) is 5.46. The lowest BCUT2D eigenvalue weighted by atomic mass is 10.2. The van der Waals surface area contributed by atoms with Gasteiger partial charge in [0.15, 0.2) is 0 Å². The van der Waals surface area contributed by atoms with E-state index < -0.39 is 0 Å². The Morgan fingerprint density at radius 3 is 2.40 bits per heavy atom. The van der Waals surface area contributed by atoms with E-state index in [0.717, 1.165) is 42.8 Å². The van der Waals surface area contributed by atoms with Crippen LogP contribution < -0.4 is 5.32 Å². The number of hydrogen-bond acceptors (Lipinski definition) is 4. The van der Waals surface area contributed by atoms with Gasteiger partial charge in [-0.25, -0.2) is 0 Å². The summed E-state index contributed by atoms with van der Waals surface area (Å²) in [6.45, 7) is 4.54. The molecule has 1 saturated heterocycles. The zero-order valence-electron chi connectivity index (χ0n) is 13.8. The van der Waals surface area contributed by atoms with E-state index in [2.05, 4.69) is 26.1 Å². The van der Waals surface area contributed by atoms with Gasteiger partial charge in [-0.1, -0.05) is 15.9 Å². The van der Waals surface area contributed by atoms with Crippen LogP contribution in [-0.4, -0.2) is 60.9 Å². The molecule has 0 aliphatic carbocycles. The molecule has 1 aromatic heterocycles. The van der Waals surface area contributed by atoms with Crippen molar-refractivity contribution in [3.63, 3.8) is 0 Å². The number of carbonyl (C=O) groups is 2. The van der Waals surface area contributed by atoms with Crippen molar-refractivity contribution in [1.29, 1.82) is 0 Å². The van der Waals surface area contributed by atoms with Crippen LogP contribution >= 0.6 is 27.3 Å². The Labute approximate surface area is 159 Å². The van der Waals surface area contributed by atoms with Gasteiger partial charge in [-0.3, -0.25) is 14.5 Å². The van der Waals surface area contributed by atoms with E-state index >= 15 is 0 Å². The van der Waals surface area contributed by atoms with E-state index in [1.807, 2.05) is 33.9 Å². The minimum absolute atomic E-state index is 0.0567. The second-order valence-electron chi connectivity index (χ2n) is 5.91. The average Bonchev–Trinajstić information content (AvgIpc) is 3.17. The lowest BCUT2D eigenvalue weighted by Crippen LogP contribution is -2.50. The Kier molecular flexibility index (Phi) is 6.23. The molecule has 0 unspecified atom stereocenters. The number of amides is 2. The molecule has 5 nitrogen and oxygen atoms in total.